The van der Waals surface area contributed by atoms with Crippen LogP contribution in [0.15, 0.2) is 71.7 Å². The predicted molar refractivity (Wildman–Crippen MR) is 73.0 cm³/mol. The van der Waals surface area contributed by atoms with Crippen LogP contribution in [0, 0.1) is 0 Å². The molecule has 2 rings (SSSR count). The zero-order chi connectivity index (χ0) is 12.6. The molecule has 0 aliphatic rings. The maximum absolute atomic E-state index is 10.1. The molecule has 0 amide bonds. The van der Waals surface area contributed by atoms with Gasteiger partial charge in [-0.15, -0.1) is 0 Å². The van der Waals surface area contributed by atoms with E-state index in [2.05, 4.69) is 4.99 Å². The molecule has 0 bridgehead atoms. The van der Waals surface area contributed by atoms with Crippen LogP contribution < -0.4 is 0 Å². The van der Waals surface area contributed by atoms with Crippen molar-refractivity contribution in [2.45, 2.75) is 0 Å². The molecular formula is C16H13NO. The molecule has 0 aliphatic carbocycles. The van der Waals surface area contributed by atoms with Crippen molar-refractivity contribution in [3.05, 3.63) is 77.9 Å². The molecule has 2 aromatic rings. The summed E-state index contributed by atoms with van der Waals surface area (Å²) in [5, 5.41) is 0. The van der Waals surface area contributed by atoms with Crippen molar-refractivity contribution >= 4 is 11.7 Å². The molecule has 2 nitrogen and oxygen atoms in total. The molecule has 0 atom stereocenters. The highest BCUT2D eigenvalue weighted by molar-refractivity contribution is 5.79. The Bertz CT molecular complexity index is 525. The van der Waals surface area contributed by atoms with E-state index < -0.39 is 0 Å². The fourth-order valence-corrected chi connectivity index (χ4v) is 1.81. The smallest absolute Gasteiger partial charge is 0.211 e. The minimum atomic E-state index is 0.350. The van der Waals surface area contributed by atoms with Crippen LogP contribution in [0.4, 0.5) is 0 Å². The van der Waals surface area contributed by atoms with Crippen LogP contribution >= 0.6 is 0 Å². The molecule has 0 spiro atoms. The van der Waals surface area contributed by atoms with E-state index in [-0.39, 0.29) is 0 Å². The van der Waals surface area contributed by atoms with Gasteiger partial charge in [0.15, 0.2) is 0 Å². The van der Waals surface area contributed by atoms with Crippen molar-refractivity contribution in [1.82, 2.24) is 0 Å². The number of rotatable bonds is 4. The SMILES string of the molecule is O=C=NCC=C(c1ccccc1)c1ccccc1. The molecule has 0 heterocycles. The lowest BCUT2D eigenvalue weighted by molar-refractivity contribution is 0.564. The van der Waals surface area contributed by atoms with E-state index in [1.807, 2.05) is 66.7 Å². The van der Waals surface area contributed by atoms with Gasteiger partial charge < -0.3 is 0 Å². The average molecular weight is 235 g/mol. The summed E-state index contributed by atoms with van der Waals surface area (Å²) in [4.78, 5) is 13.7. The Morgan fingerprint density at radius 3 is 1.89 bits per heavy atom. The second kappa shape index (κ2) is 6.33. The Hall–Kier alpha value is -2.44. The van der Waals surface area contributed by atoms with E-state index in [0.717, 1.165) is 16.7 Å². The summed E-state index contributed by atoms with van der Waals surface area (Å²) in [6, 6.07) is 20.1. The van der Waals surface area contributed by atoms with Crippen LogP contribution in [0.2, 0.25) is 0 Å². The number of hydrogen-bond donors (Lipinski definition) is 0. The molecule has 0 saturated heterocycles. The second-order valence-electron chi connectivity index (χ2n) is 3.78. The summed E-state index contributed by atoms with van der Waals surface area (Å²) < 4.78 is 0. The first-order valence-corrected chi connectivity index (χ1v) is 5.76. The summed E-state index contributed by atoms with van der Waals surface area (Å²) in [5.41, 5.74) is 3.31. The number of isocyanates is 1. The van der Waals surface area contributed by atoms with E-state index in [4.69, 9.17) is 0 Å². The van der Waals surface area contributed by atoms with Gasteiger partial charge in [0.05, 0.1) is 6.54 Å². The Kier molecular flexibility index (Phi) is 4.23. The topological polar surface area (TPSA) is 29.4 Å². The largest absolute Gasteiger partial charge is 0.235 e. The van der Waals surface area contributed by atoms with Crippen LogP contribution in [-0.2, 0) is 4.79 Å². The van der Waals surface area contributed by atoms with Crippen LogP contribution in [-0.4, -0.2) is 12.6 Å². The fourth-order valence-electron chi connectivity index (χ4n) is 1.81. The molecule has 88 valence electrons. The van der Waals surface area contributed by atoms with Crippen LogP contribution in [0.3, 0.4) is 0 Å². The number of benzene rings is 2. The number of carbonyl (C=O) groups excluding carboxylic acids is 1. The molecule has 0 fully saturated rings. The normalized spacial score (nSPS) is 9.33. The molecule has 2 heteroatoms. The Morgan fingerprint density at radius 2 is 1.44 bits per heavy atom. The van der Waals surface area contributed by atoms with Crippen molar-refractivity contribution in [2.24, 2.45) is 4.99 Å². The van der Waals surface area contributed by atoms with E-state index in [1.165, 1.54) is 0 Å². The number of nitrogens with zero attached hydrogens (tertiary/aromatic N) is 1. The van der Waals surface area contributed by atoms with Gasteiger partial charge in [-0.05, 0) is 16.7 Å². The quantitative estimate of drug-likeness (QED) is 0.589. The van der Waals surface area contributed by atoms with Gasteiger partial charge in [0.1, 0.15) is 0 Å². The van der Waals surface area contributed by atoms with Gasteiger partial charge in [0.25, 0.3) is 0 Å². The lowest BCUT2D eigenvalue weighted by Crippen LogP contribution is -1.89. The maximum atomic E-state index is 10.1. The minimum absolute atomic E-state index is 0.350. The molecule has 0 unspecified atom stereocenters. The van der Waals surface area contributed by atoms with Crippen molar-refractivity contribution in [3.8, 4) is 0 Å². The highest BCUT2D eigenvalue weighted by Gasteiger charge is 2.02. The fraction of sp³-hybridized carbons (Fsp3) is 0.0625. The van der Waals surface area contributed by atoms with Gasteiger partial charge in [-0.1, -0.05) is 66.7 Å². The zero-order valence-electron chi connectivity index (χ0n) is 9.91. The average Bonchev–Trinajstić information content (AvgIpc) is 2.46. The molecule has 0 N–H and O–H groups in total. The summed E-state index contributed by atoms with van der Waals surface area (Å²) in [6.45, 7) is 0.350. The van der Waals surface area contributed by atoms with Gasteiger partial charge in [0.2, 0.25) is 6.08 Å². The molecule has 0 aliphatic heterocycles. The van der Waals surface area contributed by atoms with Gasteiger partial charge in [-0.3, -0.25) is 0 Å². The van der Waals surface area contributed by atoms with Crippen LogP contribution in [0.25, 0.3) is 5.57 Å². The van der Waals surface area contributed by atoms with Crippen LogP contribution in [0.1, 0.15) is 11.1 Å². The summed E-state index contributed by atoms with van der Waals surface area (Å²) >= 11 is 0. The molecule has 2 aromatic carbocycles. The maximum Gasteiger partial charge on any atom is 0.235 e. The highest BCUT2D eigenvalue weighted by atomic mass is 16.1. The summed E-state index contributed by atoms with van der Waals surface area (Å²) in [6.07, 6.45) is 3.50. The highest BCUT2D eigenvalue weighted by Crippen LogP contribution is 2.22. The Labute approximate surface area is 106 Å². The second-order valence-corrected chi connectivity index (χ2v) is 3.78. The van der Waals surface area contributed by atoms with Crippen molar-refractivity contribution in [2.75, 3.05) is 6.54 Å². The number of hydrogen-bond acceptors (Lipinski definition) is 2. The third kappa shape index (κ3) is 3.03. The predicted octanol–water partition coefficient (Wildman–Crippen LogP) is 3.45. The Morgan fingerprint density at radius 1 is 0.944 bits per heavy atom. The van der Waals surface area contributed by atoms with Gasteiger partial charge in [0, 0.05) is 0 Å². The van der Waals surface area contributed by atoms with Crippen molar-refractivity contribution in [1.29, 1.82) is 0 Å². The molecule has 18 heavy (non-hydrogen) atoms. The van der Waals surface area contributed by atoms with E-state index in [1.54, 1.807) is 6.08 Å². The lowest BCUT2D eigenvalue weighted by Gasteiger charge is -2.07. The third-order valence-corrected chi connectivity index (χ3v) is 2.62. The van der Waals surface area contributed by atoms with Gasteiger partial charge in [-0.25, -0.2) is 9.79 Å². The van der Waals surface area contributed by atoms with Gasteiger partial charge >= 0.3 is 0 Å². The lowest BCUT2D eigenvalue weighted by atomic mass is 9.98. The summed E-state index contributed by atoms with van der Waals surface area (Å²) in [5.74, 6) is 0. The van der Waals surface area contributed by atoms with Crippen molar-refractivity contribution < 1.29 is 4.79 Å². The molecular weight excluding hydrogens is 222 g/mol. The van der Waals surface area contributed by atoms with Crippen molar-refractivity contribution in [3.63, 3.8) is 0 Å². The Balaban J connectivity index is 2.41. The van der Waals surface area contributed by atoms with E-state index >= 15 is 0 Å². The monoisotopic (exact) mass is 235 g/mol. The minimum Gasteiger partial charge on any atom is -0.211 e. The third-order valence-electron chi connectivity index (χ3n) is 2.62. The number of aliphatic imine (C=N–C) groups is 1. The first-order chi connectivity index (χ1) is 8.92. The summed E-state index contributed by atoms with van der Waals surface area (Å²) in [7, 11) is 0. The van der Waals surface area contributed by atoms with E-state index in [0.29, 0.717) is 6.54 Å². The first kappa shape index (κ1) is 12.0. The standard InChI is InChI=1S/C16H13NO/c18-13-17-12-11-16(14-7-3-1-4-8-14)15-9-5-2-6-10-15/h1-11H,12H2. The van der Waals surface area contributed by atoms with E-state index in [9.17, 15) is 4.79 Å². The molecule has 0 saturated carbocycles. The molecule has 0 aromatic heterocycles. The zero-order valence-corrected chi connectivity index (χ0v) is 9.91. The molecule has 0 radical (unpaired) electrons. The van der Waals surface area contributed by atoms with Gasteiger partial charge in [-0.2, -0.15) is 0 Å². The first-order valence-electron chi connectivity index (χ1n) is 5.76. The van der Waals surface area contributed by atoms with Crippen LogP contribution in [0.5, 0.6) is 0 Å².